The Morgan fingerprint density at radius 3 is 2.29 bits per heavy atom. The molecule has 0 radical (unpaired) electrons. The van der Waals surface area contributed by atoms with Gasteiger partial charge in [-0.05, 0) is 30.0 Å². The van der Waals surface area contributed by atoms with Gasteiger partial charge in [-0.15, -0.1) is 0 Å². The molecule has 1 aromatic carbocycles. The van der Waals surface area contributed by atoms with Crippen LogP contribution in [0.25, 0.3) is 0 Å². The summed E-state index contributed by atoms with van der Waals surface area (Å²) in [6.07, 6.45) is 1.26. The van der Waals surface area contributed by atoms with Crippen LogP contribution in [0.5, 0.6) is 11.5 Å². The van der Waals surface area contributed by atoms with Crippen molar-refractivity contribution >= 4 is 5.97 Å². The van der Waals surface area contributed by atoms with Crippen LogP contribution in [-0.4, -0.2) is 38.5 Å². The number of aliphatic carboxylic acids is 1. The van der Waals surface area contributed by atoms with Crippen molar-refractivity contribution in [3.8, 4) is 11.5 Å². The predicted molar refractivity (Wildman–Crippen MR) is 96.0 cm³/mol. The molecule has 0 spiro atoms. The van der Waals surface area contributed by atoms with Crippen LogP contribution in [-0.2, 0) is 16.0 Å². The molecule has 0 amide bonds. The van der Waals surface area contributed by atoms with Gasteiger partial charge in [0, 0.05) is 20.1 Å². The fourth-order valence-electron chi connectivity index (χ4n) is 2.21. The molecule has 0 saturated heterocycles. The third-order valence-corrected chi connectivity index (χ3v) is 3.56. The highest BCUT2D eigenvalue weighted by molar-refractivity contribution is 5.70. The maximum absolute atomic E-state index is 11.3. The lowest BCUT2D eigenvalue weighted by molar-refractivity contribution is -0.143. The first kappa shape index (κ1) is 22.2. The van der Waals surface area contributed by atoms with Gasteiger partial charge in [0.2, 0.25) is 0 Å². The molecule has 24 heavy (non-hydrogen) atoms. The summed E-state index contributed by atoms with van der Waals surface area (Å²) >= 11 is 0. The molecular weight excluding hydrogens is 308 g/mol. The van der Waals surface area contributed by atoms with Crippen molar-refractivity contribution in [2.75, 3.05) is 27.4 Å². The number of benzene rings is 1. The Morgan fingerprint density at radius 1 is 1.12 bits per heavy atom. The lowest BCUT2D eigenvalue weighted by Gasteiger charge is -2.17. The van der Waals surface area contributed by atoms with Gasteiger partial charge < -0.3 is 19.3 Å². The molecule has 1 unspecified atom stereocenters. The number of methoxy groups -OCH3 is 2. The first-order valence-corrected chi connectivity index (χ1v) is 8.51. The summed E-state index contributed by atoms with van der Waals surface area (Å²) in [5.41, 5.74) is 0.934. The molecule has 1 atom stereocenters. The number of ether oxygens (including phenoxy) is 3. The molecule has 0 bridgehead atoms. The number of carboxylic acids is 1. The second kappa shape index (κ2) is 12.6. The molecule has 0 aromatic heterocycles. The first-order chi connectivity index (χ1) is 11.5. The van der Waals surface area contributed by atoms with E-state index in [0.717, 1.165) is 12.0 Å². The fourth-order valence-corrected chi connectivity index (χ4v) is 2.21. The van der Waals surface area contributed by atoms with Gasteiger partial charge in [0.05, 0.1) is 19.6 Å². The molecule has 0 aliphatic heterocycles. The van der Waals surface area contributed by atoms with E-state index < -0.39 is 11.9 Å². The Hall–Kier alpha value is -1.75. The molecule has 1 aromatic rings. The maximum atomic E-state index is 11.3. The summed E-state index contributed by atoms with van der Waals surface area (Å²) in [5.74, 6) is 0.190. The quantitative estimate of drug-likeness (QED) is 0.651. The lowest BCUT2D eigenvalue weighted by atomic mass is 9.89. The molecular formula is C19H32O5. The summed E-state index contributed by atoms with van der Waals surface area (Å²) in [6.45, 7) is 9.01. The van der Waals surface area contributed by atoms with E-state index in [1.807, 2.05) is 45.9 Å². The zero-order valence-corrected chi connectivity index (χ0v) is 15.8. The minimum Gasteiger partial charge on any atom is -0.493 e. The third-order valence-electron chi connectivity index (χ3n) is 3.56. The Bertz CT molecular complexity index is 471. The second-order valence-corrected chi connectivity index (χ2v) is 5.57. The van der Waals surface area contributed by atoms with Gasteiger partial charge in [0.15, 0.2) is 11.5 Å². The highest BCUT2D eigenvalue weighted by Gasteiger charge is 2.22. The first-order valence-electron chi connectivity index (χ1n) is 8.51. The van der Waals surface area contributed by atoms with Crippen LogP contribution in [0, 0.1) is 11.8 Å². The molecule has 0 heterocycles. The minimum atomic E-state index is -0.770. The molecule has 0 saturated carbocycles. The van der Waals surface area contributed by atoms with E-state index in [4.69, 9.17) is 14.2 Å². The average Bonchev–Trinajstić information content (AvgIpc) is 2.58. The largest absolute Gasteiger partial charge is 0.493 e. The van der Waals surface area contributed by atoms with Crippen LogP contribution in [0.2, 0.25) is 0 Å². The summed E-state index contributed by atoms with van der Waals surface area (Å²) in [7, 11) is 3.24. The van der Waals surface area contributed by atoms with E-state index in [2.05, 4.69) is 0 Å². The van der Waals surface area contributed by atoms with Crippen molar-refractivity contribution in [2.24, 2.45) is 11.8 Å². The van der Waals surface area contributed by atoms with Crippen molar-refractivity contribution in [3.05, 3.63) is 23.8 Å². The van der Waals surface area contributed by atoms with Crippen LogP contribution in [0.15, 0.2) is 18.2 Å². The Balaban J connectivity index is 0.00000254. The van der Waals surface area contributed by atoms with E-state index in [-0.39, 0.29) is 5.92 Å². The van der Waals surface area contributed by atoms with Crippen LogP contribution in [0.1, 0.15) is 39.7 Å². The molecule has 0 aliphatic carbocycles. The number of carboxylic acid groups (broad SMARTS) is 1. The number of hydrogen-bond donors (Lipinski definition) is 1. The Morgan fingerprint density at radius 2 is 1.79 bits per heavy atom. The maximum Gasteiger partial charge on any atom is 0.307 e. The smallest absolute Gasteiger partial charge is 0.307 e. The minimum absolute atomic E-state index is 0.0747. The van der Waals surface area contributed by atoms with Crippen molar-refractivity contribution in [3.63, 3.8) is 0 Å². The van der Waals surface area contributed by atoms with Crippen molar-refractivity contribution in [1.82, 2.24) is 0 Å². The summed E-state index contributed by atoms with van der Waals surface area (Å²) in [6, 6.07) is 5.57. The van der Waals surface area contributed by atoms with Crippen LogP contribution in [0.4, 0.5) is 0 Å². The Kier molecular flexibility index (Phi) is 11.7. The predicted octanol–water partition coefficient (Wildman–Crippen LogP) is 4.04. The zero-order valence-electron chi connectivity index (χ0n) is 15.8. The number of rotatable bonds is 10. The normalized spacial score (nSPS) is 11.5. The van der Waals surface area contributed by atoms with E-state index in [9.17, 15) is 9.90 Å². The van der Waals surface area contributed by atoms with Gasteiger partial charge in [-0.3, -0.25) is 4.79 Å². The van der Waals surface area contributed by atoms with Crippen LogP contribution >= 0.6 is 0 Å². The second-order valence-electron chi connectivity index (χ2n) is 5.57. The van der Waals surface area contributed by atoms with Crippen LogP contribution in [0.3, 0.4) is 0 Å². The van der Waals surface area contributed by atoms with Crippen molar-refractivity contribution in [1.29, 1.82) is 0 Å². The molecule has 138 valence electrons. The lowest BCUT2D eigenvalue weighted by Crippen LogP contribution is -2.22. The molecule has 5 nitrogen and oxygen atoms in total. The molecule has 0 aliphatic rings. The third kappa shape index (κ3) is 7.68. The number of carbonyl (C=O) groups is 1. The SMILES string of the molecule is CC.COCCCOc1cc(CC(C(=O)O)C(C)C)ccc1OC. The standard InChI is InChI=1S/C17H26O5.C2H6/c1-12(2)14(17(18)19)10-13-6-7-15(21-4)16(11-13)22-9-5-8-20-3;1-2/h6-7,11-12,14H,5,8-10H2,1-4H3,(H,18,19);1-2H3. The van der Waals surface area contributed by atoms with Gasteiger partial charge in [0.1, 0.15) is 0 Å². The van der Waals surface area contributed by atoms with Gasteiger partial charge in [0.25, 0.3) is 0 Å². The molecule has 5 heteroatoms. The molecule has 1 rings (SSSR count). The van der Waals surface area contributed by atoms with Gasteiger partial charge >= 0.3 is 5.97 Å². The highest BCUT2D eigenvalue weighted by Crippen LogP contribution is 2.30. The fraction of sp³-hybridized carbons (Fsp3) is 0.632. The zero-order chi connectivity index (χ0) is 18.5. The average molecular weight is 340 g/mol. The topological polar surface area (TPSA) is 65.0 Å². The molecule has 1 N–H and O–H groups in total. The summed E-state index contributed by atoms with van der Waals surface area (Å²) in [4.78, 5) is 11.3. The highest BCUT2D eigenvalue weighted by atomic mass is 16.5. The van der Waals surface area contributed by atoms with Gasteiger partial charge in [-0.1, -0.05) is 33.8 Å². The van der Waals surface area contributed by atoms with E-state index >= 15 is 0 Å². The van der Waals surface area contributed by atoms with E-state index in [1.54, 1.807) is 14.2 Å². The van der Waals surface area contributed by atoms with Gasteiger partial charge in [-0.2, -0.15) is 0 Å². The van der Waals surface area contributed by atoms with E-state index in [1.165, 1.54) is 0 Å². The summed E-state index contributed by atoms with van der Waals surface area (Å²) in [5, 5.41) is 9.31. The monoisotopic (exact) mass is 340 g/mol. The van der Waals surface area contributed by atoms with Crippen molar-refractivity contribution < 1.29 is 24.1 Å². The van der Waals surface area contributed by atoms with Crippen LogP contribution < -0.4 is 9.47 Å². The summed E-state index contributed by atoms with van der Waals surface area (Å²) < 4.78 is 16.0. The van der Waals surface area contributed by atoms with E-state index in [0.29, 0.717) is 31.1 Å². The number of hydrogen-bond acceptors (Lipinski definition) is 4. The Labute approximate surface area is 145 Å². The van der Waals surface area contributed by atoms with Crippen molar-refractivity contribution in [2.45, 2.75) is 40.5 Å². The van der Waals surface area contributed by atoms with Gasteiger partial charge in [-0.25, -0.2) is 0 Å². The molecule has 0 fully saturated rings.